The fourth-order valence-electron chi connectivity index (χ4n) is 3.62. The smallest absolute Gasteiger partial charge is 0.408 e. The molecule has 0 spiro atoms. The van der Waals surface area contributed by atoms with Gasteiger partial charge in [0, 0.05) is 24.5 Å². The lowest BCUT2D eigenvalue weighted by Crippen LogP contribution is -2.30. The van der Waals surface area contributed by atoms with Gasteiger partial charge >= 0.3 is 5.76 Å². The number of carbonyl (C=O) groups is 1. The largest absolute Gasteiger partial charge is 0.420 e. The number of amides is 1. The van der Waals surface area contributed by atoms with Crippen molar-refractivity contribution >= 4 is 28.4 Å². The molecule has 27 heavy (non-hydrogen) atoms. The van der Waals surface area contributed by atoms with E-state index in [1.54, 1.807) is 25.1 Å². The standard InChI is InChI=1S/C21H23N3O3/c1-15(24-18-7-3-4-8-19(18)27-21(24)26)20(25)22-16-9-11-17(12-10-16)23-13-5-2-6-14-23/h3-4,7-12,15H,2,5-6,13-14H2,1H3,(H,22,25)/t15-/m0/s1. The molecule has 1 aromatic heterocycles. The lowest BCUT2D eigenvalue weighted by molar-refractivity contribution is -0.118. The van der Waals surface area contributed by atoms with Crippen LogP contribution in [0.1, 0.15) is 32.2 Å². The highest BCUT2D eigenvalue weighted by molar-refractivity contribution is 5.94. The summed E-state index contributed by atoms with van der Waals surface area (Å²) in [4.78, 5) is 27.2. The number of piperidine rings is 1. The first-order valence-electron chi connectivity index (χ1n) is 9.39. The third kappa shape index (κ3) is 3.47. The summed E-state index contributed by atoms with van der Waals surface area (Å²) in [6, 6.07) is 14.3. The van der Waals surface area contributed by atoms with Crippen LogP contribution in [0.4, 0.5) is 11.4 Å². The predicted molar refractivity (Wildman–Crippen MR) is 106 cm³/mol. The summed E-state index contributed by atoms with van der Waals surface area (Å²) in [6.07, 6.45) is 3.75. The second kappa shape index (κ2) is 7.31. The number of benzene rings is 2. The number of oxazole rings is 1. The zero-order valence-corrected chi connectivity index (χ0v) is 15.4. The Balaban J connectivity index is 1.49. The Hall–Kier alpha value is -3.02. The van der Waals surface area contributed by atoms with Crippen molar-refractivity contribution < 1.29 is 9.21 Å². The van der Waals surface area contributed by atoms with Crippen molar-refractivity contribution in [2.45, 2.75) is 32.2 Å². The molecule has 0 unspecified atom stereocenters. The third-order valence-electron chi connectivity index (χ3n) is 5.14. The Kier molecular flexibility index (Phi) is 4.71. The molecule has 0 aliphatic carbocycles. The summed E-state index contributed by atoms with van der Waals surface area (Å²) in [7, 11) is 0. The fourth-order valence-corrected chi connectivity index (χ4v) is 3.62. The summed E-state index contributed by atoms with van der Waals surface area (Å²) >= 11 is 0. The minimum atomic E-state index is -0.678. The number of hydrogen-bond donors (Lipinski definition) is 1. The number of nitrogens with one attached hydrogen (secondary N) is 1. The molecule has 1 saturated heterocycles. The van der Waals surface area contributed by atoms with E-state index in [4.69, 9.17) is 4.42 Å². The minimum absolute atomic E-state index is 0.255. The molecule has 1 N–H and O–H groups in total. The third-order valence-corrected chi connectivity index (χ3v) is 5.14. The summed E-state index contributed by atoms with van der Waals surface area (Å²) in [5, 5.41) is 2.89. The normalized spacial score (nSPS) is 15.7. The molecule has 0 radical (unpaired) electrons. The van der Waals surface area contributed by atoms with Gasteiger partial charge < -0.3 is 14.6 Å². The van der Waals surface area contributed by atoms with Crippen molar-refractivity contribution in [3.63, 3.8) is 0 Å². The van der Waals surface area contributed by atoms with E-state index in [0.29, 0.717) is 16.8 Å². The molecule has 0 saturated carbocycles. The van der Waals surface area contributed by atoms with Gasteiger partial charge in [0.05, 0.1) is 5.52 Å². The second-order valence-electron chi connectivity index (χ2n) is 6.97. The van der Waals surface area contributed by atoms with E-state index >= 15 is 0 Å². The molecule has 2 heterocycles. The molecule has 0 bridgehead atoms. The van der Waals surface area contributed by atoms with E-state index in [0.717, 1.165) is 13.1 Å². The predicted octanol–water partition coefficient (Wildman–Crippen LogP) is 3.78. The summed E-state index contributed by atoms with van der Waals surface area (Å²) in [5.74, 6) is -0.784. The average molecular weight is 365 g/mol. The van der Waals surface area contributed by atoms with Gasteiger partial charge in [0.25, 0.3) is 0 Å². The van der Waals surface area contributed by atoms with E-state index < -0.39 is 11.8 Å². The number of fused-ring (bicyclic) bond motifs is 1. The van der Waals surface area contributed by atoms with Crippen LogP contribution in [0.2, 0.25) is 0 Å². The van der Waals surface area contributed by atoms with Crippen LogP contribution in [0.5, 0.6) is 0 Å². The Morgan fingerprint density at radius 1 is 1.04 bits per heavy atom. The number of anilines is 2. The van der Waals surface area contributed by atoms with E-state index in [2.05, 4.69) is 10.2 Å². The first kappa shape index (κ1) is 17.4. The second-order valence-corrected chi connectivity index (χ2v) is 6.97. The van der Waals surface area contributed by atoms with Gasteiger partial charge in [-0.05, 0) is 62.6 Å². The number of hydrogen-bond acceptors (Lipinski definition) is 4. The van der Waals surface area contributed by atoms with Crippen LogP contribution >= 0.6 is 0 Å². The van der Waals surface area contributed by atoms with Gasteiger partial charge in [-0.3, -0.25) is 9.36 Å². The molecular weight excluding hydrogens is 342 g/mol. The SMILES string of the molecule is C[C@@H](C(=O)Nc1ccc(N2CCCCC2)cc1)n1c(=O)oc2ccccc21. The summed E-state index contributed by atoms with van der Waals surface area (Å²) in [6.45, 7) is 3.86. The maximum Gasteiger partial charge on any atom is 0.420 e. The number of nitrogens with zero attached hydrogens (tertiary/aromatic N) is 2. The van der Waals surface area contributed by atoms with Crippen molar-refractivity contribution in [1.82, 2.24) is 4.57 Å². The van der Waals surface area contributed by atoms with Crippen LogP contribution in [0.25, 0.3) is 11.1 Å². The maximum absolute atomic E-state index is 12.7. The molecule has 4 rings (SSSR count). The van der Waals surface area contributed by atoms with E-state index in [9.17, 15) is 9.59 Å². The van der Waals surface area contributed by atoms with Gasteiger partial charge in [0.15, 0.2) is 5.58 Å². The Morgan fingerprint density at radius 2 is 1.74 bits per heavy atom. The molecule has 1 aliphatic rings. The molecular formula is C21H23N3O3. The monoisotopic (exact) mass is 365 g/mol. The van der Waals surface area contributed by atoms with E-state index in [1.807, 2.05) is 30.3 Å². The molecule has 1 atom stereocenters. The first-order valence-corrected chi connectivity index (χ1v) is 9.39. The van der Waals surface area contributed by atoms with E-state index in [-0.39, 0.29) is 5.91 Å². The molecule has 140 valence electrons. The highest BCUT2D eigenvalue weighted by atomic mass is 16.4. The van der Waals surface area contributed by atoms with Crippen molar-refractivity contribution in [2.24, 2.45) is 0 Å². The summed E-state index contributed by atoms with van der Waals surface area (Å²) in [5.41, 5.74) is 2.99. The van der Waals surface area contributed by atoms with E-state index in [1.165, 1.54) is 29.5 Å². The van der Waals surface area contributed by atoms with Crippen LogP contribution in [0.15, 0.2) is 57.7 Å². The number of aromatic nitrogens is 1. The number of para-hydroxylation sites is 2. The molecule has 1 fully saturated rings. The van der Waals surface area contributed by atoms with Crippen LogP contribution in [0, 0.1) is 0 Å². The van der Waals surface area contributed by atoms with Gasteiger partial charge in [-0.25, -0.2) is 4.79 Å². The molecule has 6 nitrogen and oxygen atoms in total. The van der Waals surface area contributed by atoms with Crippen molar-refractivity contribution in [2.75, 3.05) is 23.3 Å². The number of rotatable bonds is 4. The Morgan fingerprint density at radius 3 is 2.48 bits per heavy atom. The molecule has 3 aromatic rings. The van der Waals surface area contributed by atoms with Crippen LogP contribution in [0.3, 0.4) is 0 Å². The maximum atomic E-state index is 12.7. The van der Waals surface area contributed by atoms with Crippen molar-refractivity contribution in [1.29, 1.82) is 0 Å². The number of carbonyl (C=O) groups excluding carboxylic acids is 1. The van der Waals surface area contributed by atoms with Gasteiger partial charge in [-0.15, -0.1) is 0 Å². The Labute approximate surface area is 157 Å². The quantitative estimate of drug-likeness (QED) is 0.764. The molecule has 1 amide bonds. The molecule has 1 aliphatic heterocycles. The van der Waals surface area contributed by atoms with Crippen LogP contribution < -0.4 is 16.0 Å². The van der Waals surface area contributed by atoms with Crippen molar-refractivity contribution in [3.05, 3.63) is 59.1 Å². The molecule has 2 aromatic carbocycles. The zero-order valence-electron chi connectivity index (χ0n) is 15.4. The highest BCUT2D eigenvalue weighted by Crippen LogP contribution is 2.23. The average Bonchev–Trinajstić information content (AvgIpc) is 3.04. The summed E-state index contributed by atoms with van der Waals surface area (Å²) < 4.78 is 6.61. The van der Waals surface area contributed by atoms with Crippen LogP contribution in [-0.2, 0) is 4.79 Å². The van der Waals surface area contributed by atoms with Gasteiger partial charge in [0.1, 0.15) is 6.04 Å². The van der Waals surface area contributed by atoms with Gasteiger partial charge in [0.2, 0.25) is 5.91 Å². The lowest BCUT2D eigenvalue weighted by atomic mass is 10.1. The Bertz CT molecular complexity index is 997. The molecule has 6 heteroatoms. The van der Waals surface area contributed by atoms with Gasteiger partial charge in [-0.1, -0.05) is 12.1 Å². The topological polar surface area (TPSA) is 67.5 Å². The first-order chi connectivity index (χ1) is 13.1. The highest BCUT2D eigenvalue weighted by Gasteiger charge is 2.21. The minimum Gasteiger partial charge on any atom is -0.408 e. The zero-order chi connectivity index (χ0) is 18.8. The van der Waals surface area contributed by atoms with Crippen molar-refractivity contribution in [3.8, 4) is 0 Å². The lowest BCUT2D eigenvalue weighted by Gasteiger charge is -2.28. The van der Waals surface area contributed by atoms with Gasteiger partial charge in [-0.2, -0.15) is 0 Å². The fraction of sp³-hybridized carbons (Fsp3) is 0.333. The van der Waals surface area contributed by atoms with Crippen LogP contribution in [-0.4, -0.2) is 23.6 Å².